The lowest BCUT2D eigenvalue weighted by molar-refractivity contribution is 0.324. The number of methoxy groups -OCH3 is 3. The van der Waals surface area contributed by atoms with Crippen molar-refractivity contribution in [3.8, 4) is 34.4 Å². The van der Waals surface area contributed by atoms with E-state index in [1.807, 2.05) is 24.3 Å². The number of rotatable bonds is 6. The molecule has 0 radical (unpaired) electrons. The lowest BCUT2D eigenvalue weighted by atomic mass is 10.1. The summed E-state index contributed by atoms with van der Waals surface area (Å²) in [5.41, 5.74) is 2.82. The fraction of sp³-hybridized carbons (Fsp3) is 0.182. The number of nitrogens with zero attached hydrogens (tertiary/aromatic N) is 2. The fourth-order valence-corrected chi connectivity index (χ4v) is 3.02. The Morgan fingerprint density at radius 2 is 1.61 bits per heavy atom. The van der Waals surface area contributed by atoms with Crippen molar-refractivity contribution in [3.05, 3.63) is 76.2 Å². The summed E-state index contributed by atoms with van der Waals surface area (Å²) in [6, 6.07) is 16.3. The molecule has 0 saturated carbocycles. The maximum Gasteiger partial charge on any atom is 0.250 e. The summed E-state index contributed by atoms with van der Waals surface area (Å²) in [6.07, 6.45) is 1.76. The van der Waals surface area contributed by atoms with Crippen LogP contribution in [0.15, 0.2) is 59.5 Å². The molecule has 0 aliphatic heterocycles. The molecule has 2 aromatic carbocycles. The molecule has 0 N–H and O–H groups in total. The number of hydrogen-bond acceptors (Lipinski definition) is 5. The molecular weight excluding hydrogens is 356 g/mol. The highest BCUT2D eigenvalue weighted by atomic mass is 16.5. The summed E-state index contributed by atoms with van der Waals surface area (Å²) in [5, 5.41) is 9.29. The Kier molecular flexibility index (Phi) is 5.66. The Morgan fingerprint density at radius 1 is 0.929 bits per heavy atom. The van der Waals surface area contributed by atoms with E-state index in [1.54, 1.807) is 50.3 Å². The van der Waals surface area contributed by atoms with Crippen LogP contribution in [0.4, 0.5) is 0 Å². The third-order valence-corrected chi connectivity index (χ3v) is 4.46. The van der Waals surface area contributed by atoms with E-state index in [1.165, 1.54) is 6.07 Å². The lowest BCUT2D eigenvalue weighted by Gasteiger charge is -2.15. The SMILES string of the molecule is COc1cc(-c2ccc(=O)n(Cc3ccccc3C#N)c2)cc(OC)c1OC. The van der Waals surface area contributed by atoms with Gasteiger partial charge in [-0.25, -0.2) is 0 Å². The van der Waals surface area contributed by atoms with Crippen LogP contribution in [-0.4, -0.2) is 25.9 Å². The van der Waals surface area contributed by atoms with Gasteiger partial charge in [-0.15, -0.1) is 0 Å². The third kappa shape index (κ3) is 3.69. The first-order valence-corrected chi connectivity index (χ1v) is 8.60. The van der Waals surface area contributed by atoms with Gasteiger partial charge in [0.25, 0.3) is 5.56 Å². The van der Waals surface area contributed by atoms with Crippen molar-refractivity contribution >= 4 is 0 Å². The molecule has 6 nitrogen and oxygen atoms in total. The lowest BCUT2D eigenvalue weighted by Crippen LogP contribution is -2.19. The van der Waals surface area contributed by atoms with Gasteiger partial charge >= 0.3 is 0 Å². The van der Waals surface area contributed by atoms with E-state index in [2.05, 4.69) is 6.07 Å². The summed E-state index contributed by atoms with van der Waals surface area (Å²) in [6.45, 7) is 0.306. The first kappa shape index (κ1) is 19.1. The van der Waals surface area contributed by atoms with E-state index < -0.39 is 0 Å². The van der Waals surface area contributed by atoms with Crippen molar-refractivity contribution < 1.29 is 14.2 Å². The first-order valence-electron chi connectivity index (χ1n) is 8.60. The van der Waals surface area contributed by atoms with Gasteiger partial charge in [-0.3, -0.25) is 4.79 Å². The molecule has 0 aliphatic carbocycles. The van der Waals surface area contributed by atoms with Crippen molar-refractivity contribution in [1.82, 2.24) is 4.57 Å². The minimum Gasteiger partial charge on any atom is -0.493 e. The number of benzene rings is 2. The Labute approximate surface area is 163 Å². The van der Waals surface area contributed by atoms with Gasteiger partial charge in [-0.2, -0.15) is 5.26 Å². The maximum atomic E-state index is 12.4. The number of pyridine rings is 1. The summed E-state index contributed by atoms with van der Waals surface area (Å²) >= 11 is 0. The highest BCUT2D eigenvalue weighted by molar-refractivity contribution is 5.70. The zero-order valence-electron chi connectivity index (χ0n) is 15.9. The minimum absolute atomic E-state index is 0.149. The minimum atomic E-state index is -0.149. The molecule has 28 heavy (non-hydrogen) atoms. The molecule has 0 amide bonds. The highest BCUT2D eigenvalue weighted by Gasteiger charge is 2.15. The fourth-order valence-electron chi connectivity index (χ4n) is 3.02. The van der Waals surface area contributed by atoms with Crippen LogP contribution in [-0.2, 0) is 6.54 Å². The Hall–Kier alpha value is -3.72. The van der Waals surface area contributed by atoms with Gasteiger partial charge in [-0.05, 0) is 41.0 Å². The summed E-state index contributed by atoms with van der Waals surface area (Å²) in [4.78, 5) is 12.4. The van der Waals surface area contributed by atoms with Crippen LogP contribution >= 0.6 is 0 Å². The van der Waals surface area contributed by atoms with Crippen LogP contribution in [0, 0.1) is 11.3 Å². The molecule has 0 saturated heterocycles. The molecule has 6 heteroatoms. The molecule has 0 bridgehead atoms. The predicted octanol–water partition coefficient (Wildman–Crippen LogP) is 3.46. The molecule has 0 unspecified atom stereocenters. The summed E-state index contributed by atoms with van der Waals surface area (Å²) in [5.74, 6) is 1.57. The van der Waals surface area contributed by atoms with E-state index in [0.717, 1.165) is 16.7 Å². The zero-order valence-corrected chi connectivity index (χ0v) is 15.9. The van der Waals surface area contributed by atoms with Crippen molar-refractivity contribution in [1.29, 1.82) is 5.26 Å². The van der Waals surface area contributed by atoms with Crippen LogP contribution in [0.5, 0.6) is 17.2 Å². The van der Waals surface area contributed by atoms with Crippen LogP contribution in [0.1, 0.15) is 11.1 Å². The maximum absolute atomic E-state index is 12.4. The van der Waals surface area contributed by atoms with Gasteiger partial charge in [0.05, 0.1) is 39.5 Å². The molecule has 142 valence electrons. The molecule has 3 rings (SSSR count). The van der Waals surface area contributed by atoms with Gasteiger partial charge in [-0.1, -0.05) is 18.2 Å². The normalized spacial score (nSPS) is 10.2. The van der Waals surface area contributed by atoms with E-state index in [4.69, 9.17) is 14.2 Å². The summed E-state index contributed by atoms with van der Waals surface area (Å²) < 4.78 is 17.8. The van der Waals surface area contributed by atoms with Crippen molar-refractivity contribution in [2.45, 2.75) is 6.54 Å². The quantitative estimate of drug-likeness (QED) is 0.659. The number of ether oxygens (including phenoxy) is 3. The van der Waals surface area contributed by atoms with Crippen molar-refractivity contribution in [2.75, 3.05) is 21.3 Å². The van der Waals surface area contributed by atoms with Gasteiger partial charge < -0.3 is 18.8 Å². The highest BCUT2D eigenvalue weighted by Crippen LogP contribution is 2.41. The second-order valence-corrected chi connectivity index (χ2v) is 6.07. The topological polar surface area (TPSA) is 73.5 Å². The zero-order chi connectivity index (χ0) is 20.1. The van der Waals surface area contributed by atoms with Gasteiger partial charge in [0.2, 0.25) is 5.75 Å². The van der Waals surface area contributed by atoms with Crippen LogP contribution in [0.2, 0.25) is 0 Å². The molecule has 0 aliphatic rings. The molecule has 3 aromatic rings. The monoisotopic (exact) mass is 376 g/mol. The van der Waals surface area contributed by atoms with Crippen LogP contribution in [0.3, 0.4) is 0 Å². The molecule has 1 heterocycles. The van der Waals surface area contributed by atoms with Gasteiger partial charge in [0.15, 0.2) is 11.5 Å². The Morgan fingerprint density at radius 3 is 2.21 bits per heavy atom. The molecule has 0 spiro atoms. The van der Waals surface area contributed by atoms with E-state index in [0.29, 0.717) is 29.4 Å². The summed E-state index contributed by atoms with van der Waals surface area (Å²) in [7, 11) is 4.66. The van der Waals surface area contributed by atoms with E-state index in [9.17, 15) is 10.1 Å². The molecule has 1 aromatic heterocycles. The molecule has 0 atom stereocenters. The Balaban J connectivity index is 2.07. The average molecular weight is 376 g/mol. The van der Waals surface area contributed by atoms with Crippen LogP contribution in [0.25, 0.3) is 11.1 Å². The van der Waals surface area contributed by atoms with Gasteiger partial charge in [0.1, 0.15) is 0 Å². The molecule has 0 fully saturated rings. The Bertz CT molecular complexity index is 1070. The standard InChI is InChI=1S/C22H20N2O4/c1-26-19-10-18(11-20(27-2)22(19)28-3)17-8-9-21(25)24(14-17)13-16-7-5-4-6-15(16)12-23/h4-11,14H,13H2,1-3H3. The first-order chi connectivity index (χ1) is 13.6. The van der Waals surface area contributed by atoms with E-state index >= 15 is 0 Å². The van der Waals surface area contributed by atoms with Crippen molar-refractivity contribution in [2.24, 2.45) is 0 Å². The number of nitriles is 1. The smallest absolute Gasteiger partial charge is 0.250 e. The molecular formula is C22H20N2O4. The average Bonchev–Trinajstić information content (AvgIpc) is 2.74. The second kappa shape index (κ2) is 8.31. The predicted molar refractivity (Wildman–Crippen MR) is 106 cm³/mol. The van der Waals surface area contributed by atoms with E-state index in [-0.39, 0.29) is 5.56 Å². The largest absolute Gasteiger partial charge is 0.493 e. The van der Waals surface area contributed by atoms with Crippen molar-refractivity contribution in [3.63, 3.8) is 0 Å². The van der Waals surface area contributed by atoms with Gasteiger partial charge in [0, 0.05) is 12.3 Å². The number of aromatic nitrogens is 1. The third-order valence-electron chi connectivity index (χ3n) is 4.46. The number of hydrogen-bond donors (Lipinski definition) is 0. The second-order valence-electron chi connectivity index (χ2n) is 6.07. The van der Waals surface area contributed by atoms with Crippen LogP contribution < -0.4 is 19.8 Å².